The summed E-state index contributed by atoms with van der Waals surface area (Å²) in [6, 6.07) is 5.06. The van der Waals surface area contributed by atoms with Crippen LogP contribution in [0.4, 0.5) is 21.6 Å². The lowest BCUT2D eigenvalue weighted by molar-refractivity contribution is -0.123. The van der Waals surface area contributed by atoms with Gasteiger partial charge in [-0.25, -0.2) is 9.37 Å². The summed E-state index contributed by atoms with van der Waals surface area (Å²) in [7, 11) is 2.10. The number of primary amides is 1. The topological polar surface area (TPSA) is 142 Å². The van der Waals surface area contributed by atoms with Crippen LogP contribution in [0.15, 0.2) is 24.4 Å². The van der Waals surface area contributed by atoms with Gasteiger partial charge in [-0.3, -0.25) is 9.59 Å². The number of aromatic nitrogens is 2. The number of likely N-dealkylation sites (N-methyl/N-ethyl adjacent to an activating group) is 1. The summed E-state index contributed by atoms with van der Waals surface area (Å²) >= 11 is 5.85. The number of nitrogens with one attached hydrogen (secondary N) is 2. The zero-order valence-electron chi connectivity index (χ0n) is 20.7. The molecule has 2 aliphatic carbocycles. The minimum Gasteiger partial charge on any atom is -0.399 e. The van der Waals surface area contributed by atoms with Crippen molar-refractivity contribution >= 4 is 40.6 Å². The van der Waals surface area contributed by atoms with Crippen LogP contribution in [0.5, 0.6) is 0 Å². The van der Waals surface area contributed by atoms with E-state index in [-0.39, 0.29) is 41.3 Å². The lowest BCUT2D eigenvalue weighted by atomic mass is 9.81. The first-order valence-corrected chi connectivity index (χ1v) is 12.9. The highest BCUT2D eigenvalue weighted by molar-refractivity contribution is 6.28. The summed E-state index contributed by atoms with van der Waals surface area (Å²) in [5, 5.41) is 6.10. The van der Waals surface area contributed by atoms with E-state index in [2.05, 4.69) is 37.4 Å². The highest BCUT2D eigenvalue weighted by Crippen LogP contribution is 2.49. The van der Waals surface area contributed by atoms with Crippen molar-refractivity contribution in [3.05, 3.63) is 41.1 Å². The van der Waals surface area contributed by atoms with Crippen molar-refractivity contribution in [1.29, 1.82) is 0 Å². The molecule has 1 aromatic carbocycles. The Morgan fingerprint density at radius 1 is 1.22 bits per heavy atom. The van der Waals surface area contributed by atoms with E-state index >= 15 is 0 Å². The molecule has 1 aromatic heterocycles. The van der Waals surface area contributed by atoms with Gasteiger partial charge in [-0.2, -0.15) is 4.98 Å². The van der Waals surface area contributed by atoms with Crippen LogP contribution in [0.3, 0.4) is 0 Å². The van der Waals surface area contributed by atoms with Crippen LogP contribution >= 0.6 is 11.6 Å². The molecule has 12 heteroatoms. The second-order valence-electron chi connectivity index (χ2n) is 10.4. The maximum atomic E-state index is 14.3. The van der Waals surface area contributed by atoms with Crippen LogP contribution in [0.2, 0.25) is 5.28 Å². The quantitative estimate of drug-likeness (QED) is 0.309. The Morgan fingerprint density at radius 2 is 1.97 bits per heavy atom. The number of hydrogen-bond acceptors (Lipinski definition) is 8. The largest absolute Gasteiger partial charge is 0.399 e. The van der Waals surface area contributed by atoms with Gasteiger partial charge in [0.25, 0.3) is 0 Å². The molecule has 3 fully saturated rings. The second-order valence-corrected chi connectivity index (χ2v) is 10.7. The Morgan fingerprint density at radius 3 is 2.70 bits per heavy atom. The Balaban J connectivity index is 1.30. The second kappa shape index (κ2) is 10.3. The molecule has 2 saturated carbocycles. The third-order valence-corrected chi connectivity index (χ3v) is 8.18. The molecule has 37 heavy (non-hydrogen) atoms. The summed E-state index contributed by atoms with van der Waals surface area (Å²) < 4.78 is 14.3. The Kier molecular flexibility index (Phi) is 7.09. The van der Waals surface area contributed by atoms with Crippen molar-refractivity contribution in [2.75, 3.05) is 49.2 Å². The zero-order valence-corrected chi connectivity index (χ0v) is 21.4. The third-order valence-electron chi connectivity index (χ3n) is 8.00. The molecule has 2 aromatic rings. The van der Waals surface area contributed by atoms with E-state index in [4.69, 9.17) is 23.1 Å². The molecule has 1 aliphatic heterocycles. The summed E-state index contributed by atoms with van der Waals surface area (Å²) in [5.74, 6) is -1.95. The number of nitrogens with two attached hydrogens (primary N) is 2. The maximum Gasteiger partial charge on any atom is 0.224 e. The van der Waals surface area contributed by atoms with Gasteiger partial charge in [0.1, 0.15) is 0 Å². The molecule has 0 spiro atoms. The van der Waals surface area contributed by atoms with Crippen LogP contribution in [0.25, 0.3) is 0 Å². The van der Waals surface area contributed by atoms with E-state index in [0.29, 0.717) is 18.5 Å². The molecule has 5 rings (SSSR count). The Hall–Kier alpha value is -3.18. The molecule has 3 aliphatic rings. The lowest BCUT2D eigenvalue weighted by Crippen LogP contribution is -2.52. The summed E-state index contributed by atoms with van der Waals surface area (Å²) in [6.07, 6.45) is 2.50. The van der Waals surface area contributed by atoms with Gasteiger partial charge in [0, 0.05) is 55.6 Å². The molecular weight excluding hydrogens is 499 g/mol. The molecule has 198 valence electrons. The average molecular weight is 531 g/mol. The van der Waals surface area contributed by atoms with Crippen LogP contribution < -0.4 is 27.0 Å². The zero-order chi connectivity index (χ0) is 26.3. The van der Waals surface area contributed by atoms with Crippen molar-refractivity contribution in [3.8, 4) is 0 Å². The fraction of sp³-hybridized carbons (Fsp3) is 0.520. The monoisotopic (exact) mass is 530 g/mol. The van der Waals surface area contributed by atoms with Crippen LogP contribution in [0, 0.1) is 23.6 Å². The molecule has 1 saturated heterocycles. The Labute approximate surface area is 219 Å². The van der Waals surface area contributed by atoms with Crippen LogP contribution in [0.1, 0.15) is 18.4 Å². The number of nitrogens with zero attached hydrogens (tertiary/aromatic N) is 4. The molecule has 0 unspecified atom stereocenters. The van der Waals surface area contributed by atoms with Gasteiger partial charge >= 0.3 is 0 Å². The number of nitrogen functional groups attached to an aromatic ring is 1. The van der Waals surface area contributed by atoms with E-state index in [9.17, 15) is 14.0 Å². The molecule has 2 heterocycles. The number of amides is 2. The minimum absolute atomic E-state index is 0.0149. The standard InChI is InChI=1S/C25H32ClFN8O2/c1-34-4-6-35(7-5-34)19-3-2-15(28)8-13(19)11-20(36)31-18-10-14-9-16(18)22(21(14)23(29)37)32-24-17(27)12-30-25(26)33-24/h2-3,8,12,14,16,18,21-22H,4-7,9-11,28H2,1H3,(H2,29,37)(H,31,36)(H,30,32,33)/t14-,16-,18-,21+,22-/m1/s1. The van der Waals surface area contributed by atoms with Crippen molar-refractivity contribution in [2.24, 2.45) is 23.5 Å². The predicted octanol–water partition coefficient (Wildman–Crippen LogP) is 1.25. The van der Waals surface area contributed by atoms with Crippen LogP contribution in [-0.4, -0.2) is 72.0 Å². The van der Waals surface area contributed by atoms with E-state index in [1.807, 2.05) is 18.2 Å². The number of benzene rings is 1. The number of piperazine rings is 1. The molecule has 2 amide bonds. The fourth-order valence-electron chi connectivity index (χ4n) is 6.27. The van der Waals surface area contributed by atoms with Gasteiger partial charge < -0.3 is 31.9 Å². The minimum atomic E-state index is -0.672. The first-order chi connectivity index (χ1) is 17.7. The average Bonchev–Trinajstić information content (AvgIpc) is 3.40. The molecule has 10 nitrogen and oxygen atoms in total. The Bertz CT molecular complexity index is 1190. The number of carbonyl (C=O) groups excluding carboxylic acids is 2. The summed E-state index contributed by atoms with van der Waals surface area (Å²) in [6.45, 7) is 3.67. The molecule has 5 atom stereocenters. The van der Waals surface area contributed by atoms with Gasteiger partial charge in [-0.1, -0.05) is 0 Å². The highest BCUT2D eigenvalue weighted by Gasteiger charge is 2.55. The van der Waals surface area contributed by atoms with Gasteiger partial charge in [0.15, 0.2) is 11.6 Å². The lowest BCUT2D eigenvalue weighted by Gasteiger charge is -2.36. The summed E-state index contributed by atoms with van der Waals surface area (Å²) in [4.78, 5) is 37.6. The molecule has 0 radical (unpaired) electrons. The highest BCUT2D eigenvalue weighted by atomic mass is 35.5. The molecule has 2 bridgehead atoms. The number of halogens is 2. The number of fused-ring (bicyclic) bond motifs is 2. The van der Waals surface area contributed by atoms with Crippen molar-refractivity contribution in [1.82, 2.24) is 20.2 Å². The van der Waals surface area contributed by atoms with Gasteiger partial charge in [-0.05, 0) is 61.2 Å². The van der Waals surface area contributed by atoms with E-state index in [1.165, 1.54) is 0 Å². The van der Waals surface area contributed by atoms with Crippen molar-refractivity contribution < 1.29 is 14.0 Å². The summed E-state index contributed by atoms with van der Waals surface area (Å²) in [5.41, 5.74) is 14.3. The van der Waals surface area contributed by atoms with Crippen molar-refractivity contribution in [2.45, 2.75) is 31.3 Å². The van der Waals surface area contributed by atoms with Gasteiger partial charge in [0.2, 0.25) is 17.1 Å². The molecule has 6 N–H and O–H groups in total. The van der Waals surface area contributed by atoms with Gasteiger partial charge in [0.05, 0.1) is 18.5 Å². The van der Waals surface area contributed by atoms with Gasteiger partial charge in [-0.15, -0.1) is 0 Å². The number of rotatable bonds is 7. The number of anilines is 3. The van der Waals surface area contributed by atoms with E-state index < -0.39 is 23.7 Å². The van der Waals surface area contributed by atoms with E-state index in [0.717, 1.165) is 43.6 Å². The first-order valence-electron chi connectivity index (χ1n) is 12.5. The normalized spacial score (nSPS) is 27.3. The number of carbonyl (C=O) groups is 2. The molecular formula is C25H32ClFN8O2. The van der Waals surface area contributed by atoms with Crippen LogP contribution in [-0.2, 0) is 16.0 Å². The fourth-order valence-corrected chi connectivity index (χ4v) is 6.40. The van der Waals surface area contributed by atoms with Crippen molar-refractivity contribution in [3.63, 3.8) is 0 Å². The maximum absolute atomic E-state index is 14.3. The third kappa shape index (κ3) is 5.28. The number of hydrogen-bond donors (Lipinski definition) is 4. The smallest absolute Gasteiger partial charge is 0.224 e. The SMILES string of the molecule is CN1CCN(c2ccc(N)cc2CC(=O)N[C@@H]2C[C@H]3C[C@H]2[C@@H](Nc2nc(Cl)ncc2F)[C@H]3C(N)=O)CC1. The first kappa shape index (κ1) is 25.5. The predicted molar refractivity (Wildman–Crippen MR) is 140 cm³/mol. The van der Waals surface area contributed by atoms with E-state index in [1.54, 1.807) is 0 Å².